The van der Waals surface area contributed by atoms with E-state index in [4.69, 9.17) is 4.74 Å². The lowest BCUT2D eigenvalue weighted by Crippen LogP contribution is -2.01. The van der Waals surface area contributed by atoms with Crippen LogP contribution in [0, 0.1) is 10.1 Å². The minimum absolute atomic E-state index is 0.0240. The first-order chi connectivity index (χ1) is 7.56. The normalized spacial score (nSPS) is 10.2. The van der Waals surface area contributed by atoms with Crippen molar-refractivity contribution < 1.29 is 9.66 Å². The van der Waals surface area contributed by atoms with Crippen LogP contribution in [0.5, 0.6) is 5.75 Å². The van der Waals surface area contributed by atoms with E-state index >= 15 is 0 Å². The monoisotopic (exact) mass is 369 g/mol. The third kappa shape index (κ3) is 3.64. The fraction of sp³-hybridized carbons (Fsp3) is 0.333. The van der Waals surface area contributed by atoms with Crippen LogP contribution in [0.15, 0.2) is 21.1 Å². The first-order valence-electron chi connectivity index (χ1n) is 4.31. The maximum absolute atomic E-state index is 10.6. The third-order valence-electron chi connectivity index (χ3n) is 1.73. The molecule has 1 aromatic rings. The highest BCUT2D eigenvalue weighted by Crippen LogP contribution is 2.37. The van der Waals surface area contributed by atoms with E-state index in [0.717, 1.165) is 5.75 Å². The Kier molecular flexibility index (Phi) is 5.57. The second kappa shape index (κ2) is 6.46. The van der Waals surface area contributed by atoms with Gasteiger partial charge in [-0.2, -0.15) is 11.8 Å². The van der Waals surface area contributed by atoms with Gasteiger partial charge >= 0.3 is 0 Å². The van der Waals surface area contributed by atoms with Crippen molar-refractivity contribution in [1.29, 1.82) is 0 Å². The van der Waals surface area contributed by atoms with E-state index in [0.29, 0.717) is 21.3 Å². The van der Waals surface area contributed by atoms with Crippen LogP contribution < -0.4 is 4.74 Å². The van der Waals surface area contributed by atoms with E-state index < -0.39 is 4.92 Å². The average Bonchev–Trinajstić information content (AvgIpc) is 2.21. The Bertz CT molecular complexity index is 377. The van der Waals surface area contributed by atoms with Crippen LogP contribution in [0.4, 0.5) is 5.69 Å². The summed E-state index contributed by atoms with van der Waals surface area (Å²) in [7, 11) is 0. The van der Waals surface area contributed by atoms with Crippen molar-refractivity contribution in [1.82, 2.24) is 0 Å². The summed E-state index contributed by atoms with van der Waals surface area (Å²) in [5.41, 5.74) is 0.0240. The number of nitrogens with zero attached hydrogens (tertiary/aromatic N) is 1. The van der Waals surface area contributed by atoms with Gasteiger partial charge in [0.15, 0.2) is 0 Å². The third-order valence-corrected chi connectivity index (χ3v) is 3.48. The number of benzene rings is 1. The predicted molar refractivity (Wildman–Crippen MR) is 72.4 cm³/mol. The van der Waals surface area contributed by atoms with Gasteiger partial charge in [-0.3, -0.25) is 10.1 Å². The molecule has 0 saturated carbocycles. The molecule has 0 heterocycles. The lowest BCUT2D eigenvalue weighted by atomic mass is 10.3. The van der Waals surface area contributed by atoms with Crippen LogP contribution in [-0.4, -0.2) is 23.5 Å². The van der Waals surface area contributed by atoms with Gasteiger partial charge in [0.05, 0.1) is 20.5 Å². The Hall–Kier alpha value is -0.270. The molecule has 16 heavy (non-hydrogen) atoms. The number of ether oxygens (including phenoxy) is 1. The summed E-state index contributed by atoms with van der Waals surface area (Å²) in [4.78, 5) is 10.2. The molecule has 1 rings (SSSR count). The van der Waals surface area contributed by atoms with Crippen LogP contribution in [0.2, 0.25) is 0 Å². The fourth-order valence-corrected chi connectivity index (χ4v) is 2.66. The highest BCUT2D eigenvalue weighted by Gasteiger charge is 2.14. The van der Waals surface area contributed by atoms with E-state index in [-0.39, 0.29) is 5.69 Å². The summed E-state index contributed by atoms with van der Waals surface area (Å²) < 4.78 is 6.66. The summed E-state index contributed by atoms with van der Waals surface area (Å²) >= 11 is 8.18. The average molecular weight is 371 g/mol. The van der Waals surface area contributed by atoms with E-state index in [1.54, 1.807) is 11.8 Å². The van der Waals surface area contributed by atoms with Crippen LogP contribution in [-0.2, 0) is 0 Å². The van der Waals surface area contributed by atoms with E-state index in [1.807, 2.05) is 6.26 Å². The molecule has 1 aromatic carbocycles. The number of nitro groups is 1. The smallest absolute Gasteiger partial charge is 0.271 e. The largest absolute Gasteiger partial charge is 0.490 e. The number of non-ortho nitro benzene ring substituents is 1. The Morgan fingerprint density at radius 1 is 1.44 bits per heavy atom. The van der Waals surface area contributed by atoms with E-state index in [9.17, 15) is 10.1 Å². The van der Waals surface area contributed by atoms with Gasteiger partial charge in [0.1, 0.15) is 5.75 Å². The molecule has 0 saturated heterocycles. The molecule has 0 amide bonds. The van der Waals surface area contributed by atoms with Crippen molar-refractivity contribution in [3.63, 3.8) is 0 Å². The van der Waals surface area contributed by atoms with Crippen molar-refractivity contribution in [2.45, 2.75) is 0 Å². The van der Waals surface area contributed by atoms with Gasteiger partial charge in [-0.25, -0.2) is 0 Å². The Morgan fingerprint density at radius 2 is 2.00 bits per heavy atom. The number of hydrogen-bond donors (Lipinski definition) is 0. The first-order valence-corrected chi connectivity index (χ1v) is 7.29. The Balaban J connectivity index is 2.89. The molecule has 7 heteroatoms. The lowest BCUT2D eigenvalue weighted by Gasteiger charge is -2.09. The zero-order chi connectivity index (χ0) is 12.1. The van der Waals surface area contributed by atoms with Crippen molar-refractivity contribution in [3.05, 3.63) is 31.2 Å². The number of halogens is 2. The molecule has 0 atom stereocenters. The van der Waals surface area contributed by atoms with E-state index in [2.05, 4.69) is 31.9 Å². The van der Waals surface area contributed by atoms with E-state index in [1.165, 1.54) is 12.1 Å². The van der Waals surface area contributed by atoms with Crippen LogP contribution in [0.3, 0.4) is 0 Å². The Labute approximate surface area is 114 Å². The highest BCUT2D eigenvalue weighted by atomic mass is 79.9. The molecule has 0 bridgehead atoms. The van der Waals surface area contributed by atoms with Crippen LogP contribution in [0.1, 0.15) is 0 Å². The number of hydrogen-bond acceptors (Lipinski definition) is 4. The molecular weight excluding hydrogens is 362 g/mol. The minimum Gasteiger partial charge on any atom is -0.490 e. The summed E-state index contributed by atoms with van der Waals surface area (Å²) in [6.07, 6.45) is 1.99. The molecule has 0 aliphatic carbocycles. The van der Waals surface area contributed by atoms with Crippen LogP contribution in [0.25, 0.3) is 0 Å². The second-order valence-electron chi connectivity index (χ2n) is 2.84. The zero-order valence-electron chi connectivity index (χ0n) is 8.41. The molecule has 4 nitrogen and oxygen atoms in total. The maximum atomic E-state index is 10.6. The number of thioether (sulfide) groups is 1. The molecule has 0 aliphatic heterocycles. The zero-order valence-corrected chi connectivity index (χ0v) is 12.4. The standard InChI is InChI=1S/C9H9Br2NO3S/c1-16-3-2-15-9-7(10)4-6(12(13)14)5-8(9)11/h4-5H,2-3H2,1H3. The quantitative estimate of drug-likeness (QED) is 0.448. The molecule has 0 aliphatic rings. The first kappa shape index (κ1) is 13.8. The van der Waals surface area contributed by atoms with Gasteiger partial charge in [-0.05, 0) is 38.1 Å². The molecule has 0 radical (unpaired) electrons. The molecule has 0 fully saturated rings. The maximum Gasteiger partial charge on any atom is 0.271 e. The van der Waals surface area contributed by atoms with Crippen molar-refractivity contribution >= 4 is 49.3 Å². The van der Waals surface area contributed by atoms with Gasteiger partial charge in [0.2, 0.25) is 0 Å². The molecule has 88 valence electrons. The van der Waals surface area contributed by atoms with Crippen molar-refractivity contribution in [2.24, 2.45) is 0 Å². The summed E-state index contributed by atoms with van der Waals surface area (Å²) in [6, 6.07) is 2.86. The highest BCUT2D eigenvalue weighted by molar-refractivity contribution is 9.11. The SMILES string of the molecule is CSCCOc1c(Br)cc([N+](=O)[O-])cc1Br. The predicted octanol–water partition coefficient (Wildman–Crippen LogP) is 3.86. The molecule has 0 spiro atoms. The van der Waals surface area contributed by atoms with Gasteiger partial charge in [-0.1, -0.05) is 0 Å². The van der Waals surface area contributed by atoms with Gasteiger partial charge < -0.3 is 4.74 Å². The molecule has 0 N–H and O–H groups in total. The summed E-state index contributed by atoms with van der Waals surface area (Å²) in [5, 5.41) is 10.6. The topological polar surface area (TPSA) is 52.4 Å². The molecular formula is C9H9Br2NO3S. The summed E-state index contributed by atoms with van der Waals surface area (Å²) in [6.45, 7) is 0.566. The number of nitro benzene ring substituents is 1. The van der Waals surface area contributed by atoms with Gasteiger partial charge in [0.25, 0.3) is 5.69 Å². The number of rotatable bonds is 5. The fourth-order valence-electron chi connectivity index (χ4n) is 1.02. The van der Waals surface area contributed by atoms with Gasteiger partial charge in [0, 0.05) is 17.9 Å². The second-order valence-corrected chi connectivity index (χ2v) is 5.53. The van der Waals surface area contributed by atoms with Gasteiger partial charge in [-0.15, -0.1) is 0 Å². The van der Waals surface area contributed by atoms with Crippen molar-refractivity contribution in [3.8, 4) is 5.75 Å². The minimum atomic E-state index is -0.443. The molecule has 0 unspecified atom stereocenters. The van der Waals surface area contributed by atoms with Crippen LogP contribution >= 0.6 is 43.6 Å². The Morgan fingerprint density at radius 3 is 2.44 bits per heavy atom. The summed E-state index contributed by atoms with van der Waals surface area (Å²) in [5.74, 6) is 1.47. The van der Waals surface area contributed by atoms with Crippen molar-refractivity contribution in [2.75, 3.05) is 18.6 Å². The lowest BCUT2D eigenvalue weighted by molar-refractivity contribution is -0.385. The molecule has 0 aromatic heterocycles.